The molecule has 4 amide bonds. The summed E-state index contributed by atoms with van der Waals surface area (Å²) in [4.78, 5) is 60.0. The molecule has 3 aliphatic rings. The maximum absolute atomic E-state index is 14.3. The molecule has 2 aliphatic carbocycles. The van der Waals surface area contributed by atoms with Crippen molar-refractivity contribution < 1.29 is 50.2 Å². The molecule has 13 nitrogen and oxygen atoms in total. The molecule has 0 radical (unpaired) electrons. The number of nitrogens with zero attached hydrogens (tertiary/aromatic N) is 2. The van der Waals surface area contributed by atoms with Gasteiger partial charge < -0.3 is 25.0 Å². The van der Waals surface area contributed by atoms with Crippen molar-refractivity contribution in [2.24, 2.45) is 11.3 Å². The zero-order valence-electron chi connectivity index (χ0n) is 30.6. The second-order valence-corrected chi connectivity index (χ2v) is 17.2. The minimum absolute atomic E-state index is 0.0237. The average Bonchev–Trinajstić information content (AvgIpc) is 4.06. The lowest BCUT2D eigenvalue weighted by Crippen LogP contribution is -2.61. The predicted molar refractivity (Wildman–Crippen MR) is 195 cm³/mol. The molecular weight excluding hydrogens is 744 g/mol. The maximum Gasteiger partial charge on any atom is 0.471 e. The SMILES string of the molecule is C=C[C@@H]1C[C@]1(NC(=O)[C@@H]1C[C@@H](Oc2cc(-c3ccccc3)nc3cc(OC)ccc23)CN1C(=O)[C@@H](NC(=O)C(F)(F)F)C(C)(C)C)C(=O)NS(=O)(=O)C1CC1. The van der Waals surface area contributed by atoms with Crippen LogP contribution in [0.4, 0.5) is 13.2 Å². The van der Waals surface area contributed by atoms with Gasteiger partial charge in [-0.2, -0.15) is 13.2 Å². The molecule has 0 bridgehead atoms. The average molecular weight is 786 g/mol. The smallest absolute Gasteiger partial charge is 0.471 e. The van der Waals surface area contributed by atoms with Crippen LogP contribution in [0.25, 0.3) is 22.2 Å². The highest BCUT2D eigenvalue weighted by molar-refractivity contribution is 7.91. The number of methoxy groups -OCH3 is 1. The lowest BCUT2D eigenvalue weighted by molar-refractivity contribution is -0.176. The van der Waals surface area contributed by atoms with E-state index in [0.717, 1.165) is 10.5 Å². The number of alkyl halides is 3. The number of carbonyl (C=O) groups is 4. The summed E-state index contributed by atoms with van der Waals surface area (Å²) in [7, 11) is -2.49. The Morgan fingerprint density at radius 3 is 2.33 bits per heavy atom. The van der Waals surface area contributed by atoms with E-state index in [4.69, 9.17) is 14.5 Å². The number of nitrogens with one attached hydrogen (secondary N) is 3. The van der Waals surface area contributed by atoms with Gasteiger partial charge in [-0.3, -0.25) is 23.9 Å². The Bertz CT molecular complexity index is 2140. The van der Waals surface area contributed by atoms with E-state index in [9.17, 15) is 40.8 Å². The third-order valence-corrected chi connectivity index (χ3v) is 11.9. The maximum atomic E-state index is 14.3. The van der Waals surface area contributed by atoms with Gasteiger partial charge in [-0.25, -0.2) is 13.4 Å². The third kappa shape index (κ3) is 8.26. The number of halogens is 3. The van der Waals surface area contributed by atoms with Crippen LogP contribution in [-0.2, 0) is 29.2 Å². The highest BCUT2D eigenvalue weighted by atomic mass is 32.2. The van der Waals surface area contributed by atoms with Crippen molar-refractivity contribution in [2.45, 2.75) is 81.6 Å². The van der Waals surface area contributed by atoms with Gasteiger partial charge in [-0.15, -0.1) is 6.58 Å². The minimum atomic E-state index is -5.30. The van der Waals surface area contributed by atoms with Crippen LogP contribution in [0, 0.1) is 11.3 Å². The largest absolute Gasteiger partial charge is 0.497 e. The van der Waals surface area contributed by atoms with Crippen LogP contribution in [0.2, 0.25) is 0 Å². The zero-order chi connectivity index (χ0) is 40.1. The first kappa shape index (κ1) is 39.5. The van der Waals surface area contributed by atoms with Crippen molar-refractivity contribution in [3.63, 3.8) is 0 Å². The Morgan fingerprint density at radius 2 is 1.75 bits per heavy atom. The number of benzene rings is 2. The number of hydrogen-bond acceptors (Lipinski definition) is 9. The van der Waals surface area contributed by atoms with Gasteiger partial charge in [0, 0.05) is 35.4 Å². The van der Waals surface area contributed by atoms with Gasteiger partial charge in [-0.05, 0) is 36.8 Å². The fourth-order valence-corrected chi connectivity index (χ4v) is 8.12. The number of hydrogen-bond donors (Lipinski definition) is 3. The molecule has 2 saturated carbocycles. The molecule has 1 aliphatic heterocycles. The molecule has 2 aromatic carbocycles. The summed E-state index contributed by atoms with van der Waals surface area (Å²) in [6.07, 6.45) is -4.20. The molecule has 0 spiro atoms. The Labute approximate surface area is 316 Å². The summed E-state index contributed by atoms with van der Waals surface area (Å²) in [6.45, 7) is 7.80. The molecule has 55 heavy (non-hydrogen) atoms. The van der Waals surface area contributed by atoms with E-state index in [2.05, 4.69) is 16.6 Å². The summed E-state index contributed by atoms with van der Waals surface area (Å²) >= 11 is 0. The highest BCUT2D eigenvalue weighted by Gasteiger charge is 2.62. The molecule has 1 aromatic heterocycles. The number of carbonyl (C=O) groups excluding carboxylic acids is 4. The van der Waals surface area contributed by atoms with Gasteiger partial charge in [-0.1, -0.05) is 57.2 Å². The van der Waals surface area contributed by atoms with Crippen LogP contribution < -0.4 is 24.8 Å². The Kier molecular flexibility index (Phi) is 10.4. The topological polar surface area (TPSA) is 173 Å². The normalized spacial score (nSPS) is 23.0. The van der Waals surface area contributed by atoms with Gasteiger partial charge in [0.15, 0.2) is 0 Å². The summed E-state index contributed by atoms with van der Waals surface area (Å²) < 4.78 is 79.7. The van der Waals surface area contributed by atoms with Crippen molar-refractivity contribution in [2.75, 3.05) is 13.7 Å². The minimum Gasteiger partial charge on any atom is -0.497 e. The van der Waals surface area contributed by atoms with E-state index in [1.807, 2.05) is 30.3 Å². The van der Waals surface area contributed by atoms with Crippen molar-refractivity contribution in [1.29, 1.82) is 0 Å². The molecule has 17 heteroatoms. The van der Waals surface area contributed by atoms with Crippen molar-refractivity contribution in [3.05, 3.63) is 67.3 Å². The first-order valence-electron chi connectivity index (χ1n) is 17.7. The van der Waals surface area contributed by atoms with Gasteiger partial charge in [0.25, 0.3) is 5.91 Å². The molecule has 6 rings (SSSR count). The standard InChI is InChI=1S/C38H42F3N5O8S/c1-6-22-19-37(22,34(49)45-55(51,52)25-13-14-25)44-32(47)29-17-24(20-46(29)33(48)31(36(2,3)4)43-35(50)38(39,40)41)54-30-18-27(21-10-8-7-9-11-21)42-28-16-23(53-5)12-15-26(28)30/h6-12,15-16,18,22,24-25,29,31H,1,13-14,17,19-20H2,2-5H3,(H,43,50)(H,44,47)(H,45,49)/t22-,24-,29+,31-,37-/m1/s1. The van der Waals surface area contributed by atoms with Crippen molar-refractivity contribution in [1.82, 2.24) is 25.2 Å². The van der Waals surface area contributed by atoms with Crippen LogP contribution in [0.5, 0.6) is 11.5 Å². The summed E-state index contributed by atoms with van der Waals surface area (Å²) in [5, 5.41) is 4.30. The van der Waals surface area contributed by atoms with Crippen LogP contribution in [0.3, 0.4) is 0 Å². The monoisotopic (exact) mass is 785 g/mol. The molecule has 3 fully saturated rings. The summed E-state index contributed by atoms with van der Waals surface area (Å²) in [5.74, 6) is -4.94. The predicted octanol–water partition coefficient (Wildman–Crippen LogP) is 4.02. The van der Waals surface area contributed by atoms with Crippen LogP contribution in [0.15, 0.2) is 67.3 Å². The van der Waals surface area contributed by atoms with Gasteiger partial charge >= 0.3 is 12.1 Å². The number of ether oxygens (including phenoxy) is 2. The molecule has 0 unspecified atom stereocenters. The Morgan fingerprint density at radius 1 is 1.05 bits per heavy atom. The number of pyridine rings is 1. The molecule has 3 N–H and O–H groups in total. The van der Waals surface area contributed by atoms with Gasteiger partial charge in [0.1, 0.15) is 35.2 Å². The molecule has 2 heterocycles. The van der Waals surface area contributed by atoms with Crippen LogP contribution in [0.1, 0.15) is 46.5 Å². The molecule has 3 aromatic rings. The third-order valence-electron chi connectivity index (χ3n) is 10.1. The highest BCUT2D eigenvalue weighted by Crippen LogP contribution is 2.46. The lowest BCUT2D eigenvalue weighted by atomic mass is 9.85. The van der Waals surface area contributed by atoms with Crippen LogP contribution >= 0.6 is 0 Å². The van der Waals surface area contributed by atoms with Crippen LogP contribution in [-0.4, -0.2) is 90.7 Å². The Hall–Kier alpha value is -5.19. The van der Waals surface area contributed by atoms with E-state index >= 15 is 0 Å². The van der Waals surface area contributed by atoms with Gasteiger partial charge in [0.2, 0.25) is 21.8 Å². The second kappa shape index (κ2) is 14.5. The summed E-state index contributed by atoms with van der Waals surface area (Å²) in [6, 6.07) is 12.9. The van der Waals surface area contributed by atoms with Crippen molar-refractivity contribution in [3.8, 4) is 22.8 Å². The Balaban J connectivity index is 1.35. The van der Waals surface area contributed by atoms with E-state index in [1.165, 1.54) is 34.0 Å². The fraction of sp³-hybridized carbons (Fsp3) is 0.447. The van der Waals surface area contributed by atoms with E-state index in [-0.39, 0.29) is 19.4 Å². The van der Waals surface area contributed by atoms with E-state index in [0.29, 0.717) is 40.9 Å². The lowest BCUT2D eigenvalue weighted by Gasteiger charge is -2.35. The number of rotatable bonds is 12. The van der Waals surface area contributed by atoms with E-state index < -0.39 is 80.1 Å². The first-order valence-corrected chi connectivity index (χ1v) is 19.2. The fourth-order valence-electron chi connectivity index (χ4n) is 6.76. The summed E-state index contributed by atoms with van der Waals surface area (Å²) in [5.41, 5.74) is -1.15. The number of likely N-dealkylation sites (tertiary alicyclic amines) is 1. The zero-order valence-corrected chi connectivity index (χ0v) is 31.4. The molecular formula is C38H42F3N5O8S. The number of aromatic nitrogens is 1. The molecule has 1 saturated heterocycles. The molecule has 294 valence electrons. The number of fused-ring (bicyclic) bond motifs is 1. The number of amides is 4. The van der Waals surface area contributed by atoms with Gasteiger partial charge in [0.05, 0.1) is 30.1 Å². The molecule has 5 atom stereocenters. The first-order chi connectivity index (χ1) is 25.8. The van der Waals surface area contributed by atoms with E-state index in [1.54, 1.807) is 29.6 Å². The number of sulfonamides is 1. The quantitative estimate of drug-likeness (QED) is 0.230. The second-order valence-electron chi connectivity index (χ2n) is 15.2. The van der Waals surface area contributed by atoms with Crippen molar-refractivity contribution >= 4 is 44.6 Å².